The van der Waals surface area contributed by atoms with Gasteiger partial charge in [0, 0.05) is 11.5 Å². The zero-order valence-corrected chi connectivity index (χ0v) is 10.3. The van der Waals surface area contributed by atoms with Gasteiger partial charge in [0.25, 0.3) is 0 Å². The molecule has 0 aromatic heterocycles. The molecule has 1 aromatic rings. The smallest absolute Gasteiger partial charge is 0.226 e. The first-order chi connectivity index (χ1) is 8.76. The third-order valence-corrected chi connectivity index (χ3v) is 2.16. The first-order valence-corrected chi connectivity index (χ1v) is 5.75. The van der Waals surface area contributed by atoms with Crippen molar-refractivity contribution in [2.24, 2.45) is 5.11 Å². The lowest BCUT2D eigenvalue weighted by molar-refractivity contribution is -0.119. The lowest BCUT2D eigenvalue weighted by Gasteiger charge is -2.06. The minimum absolute atomic E-state index is 0.172. The van der Waals surface area contributed by atoms with Crippen LogP contribution in [-0.2, 0) is 11.3 Å². The summed E-state index contributed by atoms with van der Waals surface area (Å²) in [6.45, 7) is 2.98. The summed E-state index contributed by atoms with van der Waals surface area (Å²) in [4.78, 5) is 13.7. The van der Waals surface area contributed by atoms with Crippen molar-refractivity contribution in [1.29, 1.82) is 0 Å². The number of carbonyl (C=O) groups excluding carboxylic acids is 1. The molecule has 1 rings (SSSR count). The lowest BCUT2D eigenvalue weighted by atomic mass is 10.2. The monoisotopic (exact) mass is 248 g/mol. The fourth-order valence-corrected chi connectivity index (χ4v) is 1.28. The Morgan fingerprint density at radius 2 is 2.17 bits per heavy atom. The Morgan fingerprint density at radius 1 is 1.44 bits per heavy atom. The number of ether oxygens (including phenoxy) is 1. The van der Waals surface area contributed by atoms with Crippen molar-refractivity contribution in [2.75, 3.05) is 13.2 Å². The molecule has 1 aromatic carbocycles. The van der Waals surface area contributed by atoms with Gasteiger partial charge in [0.05, 0.1) is 6.61 Å². The quantitative estimate of drug-likeness (QED) is 0.456. The van der Waals surface area contributed by atoms with Crippen LogP contribution in [0.25, 0.3) is 10.4 Å². The normalized spacial score (nSPS) is 9.39. The highest BCUT2D eigenvalue weighted by Gasteiger charge is 1.99. The third kappa shape index (κ3) is 5.23. The molecule has 0 bridgehead atoms. The number of hydrogen-bond donors (Lipinski definition) is 1. The molecule has 18 heavy (non-hydrogen) atoms. The summed E-state index contributed by atoms with van der Waals surface area (Å²) in [6.07, 6.45) is 0.969. The van der Waals surface area contributed by atoms with Crippen molar-refractivity contribution in [2.45, 2.75) is 19.9 Å². The van der Waals surface area contributed by atoms with Crippen LogP contribution in [0.4, 0.5) is 0 Å². The molecule has 0 aliphatic heterocycles. The fourth-order valence-electron chi connectivity index (χ4n) is 1.28. The van der Waals surface area contributed by atoms with E-state index >= 15 is 0 Å². The van der Waals surface area contributed by atoms with Gasteiger partial charge in [0.1, 0.15) is 12.3 Å². The Morgan fingerprint density at radius 3 is 2.78 bits per heavy atom. The molecule has 1 amide bonds. The molecule has 1 N–H and O–H groups in total. The van der Waals surface area contributed by atoms with Crippen molar-refractivity contribution in [3.05, 3.63) is 40.3 Å². The second kappa shape index (κ2) is 7.97. The van der Waals surface area contributed by atoms with Gasteiger partial charge in [-0.05, 0) is 29.6 Å². The summed E-state index contributed by atoms with van der Waals surface area (Å²) in [6, 6.07) is 7.51. The Bertz CT molecular complexity index is 424. The highest BCUT2D eigenvalue weighted by Crippen LogP contribution is 2.12. The molecule has 0 fully saturated rings. The lowest BCUT2D eigenvalue weighted by Crippen LogP contribution is -2.24. The van der Waals surface area contributed by atoms with Crippen LogP contribution in [0, 0.1) is 0 Å². The van der Waals surface area contributed by atoms with Crippen LogP contribution >= 0.6 is 0 Å². The van der Waals surface area contributed by atoms with Crippen molar-refractivity contribution in [3.63, 3.8) is 0 Å². The van der Waals surface area contributed by atoms with E-state index in [-0.39, 0.29) is 12.5 Å². The second-order valence-electron chi connectivity index (χ2n) is 3.66. The zero-order valence-electron chi connectivity index (χ0n) is 10.3. The summed E-state index contributed by atoms with van der Waals surface area (Å²) >= 11 is 0. The van der Waals surface area contributed by atoms with Crippen molar-refractivity contribution in [3.8, 4) is 5.75 Å². The number of nitrogens with zero attached hydrogens (tertiary/aromatic N) is 3. The molecule has 0 atom stereocenters. The largest absolute Gasteiger partial charge is 0.494 e. The summed E-state index contributed by atoms with van der Waals surface area (Å²) < 4.78 is 5.45. The number of benzene rings is 1. The highest BCUT2D eigenvalue weighted by molar-refractivity contribution is 5.78. The van der Waals surface area contributed by atoms with Gasteiger partial charge in [-0.15, -0.1) is 0 Å². The Balaban J connectivity index is 2.38. The van der Waals surface area contributed by atoms with E-state index in [0.29, 0.717) is 13.2 Å². The van der Waals surface area contributed by atoms with Gasteiger partial charge < -0.3 is 10.1 Å². The third-order valence-electron chi connectivity index (χ3n) is 2.16. The molecule has 0 unspecified atom stereocenters. The Hall–Kier alpha value is -2.20. The van der Waals surface area contributed by atoms with Crippen molar-refractivity contribution < 1.29 is 9.53 Å². The fraction of sp³-hybridized carbons (Fsp3) is 0.417. The standard InChI is InChI=1S/C12H16N4O2/c1-2-7-18-11-5-3-10(4-6-11)8-14-12(17)9-15-16-13/h3-6H,2,7-9H2,1H3,(H,14,17). The number of azide groups is 1. The minimum atomic E-state index is -0.292. The molecule has 96 valence electrons. The van der Waals surface area contributed by atoms with Crippen LogP contribution < -0.4 is 10.1 Å². The van der Waals surface area contributed by atoms with E-state index in [1.54, 1.807) is 0 Å². The average Bonchev–Trinajstić information content (AvgIpc) is 2.41. The molecule has 0 radical (unpaired) electrons. The Kier molecular flexibility index (Phi) is 6.14. The molecular formula is C12H16N4O2. The first kappa shape index (κ1) is 13.9. The summed E-state index contributed by atoms with van der Waals surface area (Å²) in [5.41, 5.74) is 9.03. The van der Waals surface area contributed by atoms with E-state index in [2.05, 4.69) is 15.3 Å². The van der Waals surface area contributed by atoms with E-state index in [9.17, 15) is 4.79 Å². The molecule has 0 spiro atoms. The molecule has 6 heteroatoms. The molecule has 0 aliphatic carbocycles. The van der Waals surface area contributed by atoms with Crippen LogP contribution in [0.15, 0.2) is 29.4 Å². The number of carbonyl (C=O) groups is 1. The van der Waals surface area contributed by atoms with Crippen LogP contribution in [0.1, 0.15) is 18.9 Å². The van der Waals surface area contributed by atoms with Crippen molar-refractivity contribution >= 4 is 5.91 Å². The van der Waals surface area contributed by atoms with Crippen molar-refractivity contribution in [1.82, 2.24) is 5.32 Å². The van der Waals surface area contributed by atoms with Gasteiger partial charge >= 0.3 is 0 Å². The maximum absolute atomic E-state index is 11.2. The van der Waals surface area contributed by atoms with Crippen LogP contribution in [0.5, 0.6) is 5.75 Å². The van der Waals surface area contributed by atoms with E-state index in [1.807, 2.05) is 31.2 Å². The summed E-state index contributed by atoms with van der Waals surface area (Å²) in [5.74, 6) is 0.528. The number of nitrogens with one attached hydrogen (secondary N) is 1. The maximum Gasteiger partial charge on any atom is 0.226 e. The first-order valence-electron chi connectivity index (χ1n) is 5.75. The average molecular weight is 248 g/mol. The number of amides is 1. The second-order valence-corrected chi connectivity index (χ2v) is 3.66. The van der Waals surface area contributed by atoms with Gasteiger partial charge in [-0.2, -0.15) is 0 Å². The maximum atomic E-state index is 11.2. The van der Waals surface area contributed by atoms with Gasteiger partial charge in [0.15, 0.2) is 0 Å². The van der Waals surface area contributed by atoms with Gasteiger partial charge in [0.2, 0.25) is 5.91 Å². The molecular weight excluding hydrogens is 232 g/mol. The molecule has 6 nitrogen and oxygen atoms in total. The number of hydrogen-bond acceptors (Lipinski definition) is 3. The summed E-state index contributed by atoms with van der Waals surface area (Å²) in [7, 11) is 0. The predicted octanol–water partition coefficient (Wildman–Crippen LogP) is 2.40. The van der Waals surface area contributed by atoms with E-state index in [1.165, 1.54) is 0 Å². The molecule has 0 saturated carbocycles. The van der Waals surface area contributed by atoms with Gasteiger partial charge in [-0.25, -0.2) is 0 Å². The summed E-state index contributed by atoms with van der Waals surface area (Å²) in [5, 5.41) is 5.83. The van der Waals surface area contributed by atoms with Gasteiger partial charge in [-0.3, -0.25) is 4.79 Å². The molecule has 0 aliphatic rings. The number of rotatable bonds is 7. The zero-order chi connectivity index (χ0) is 13.2. The van der Waals surface area contributed by atoms with E-state index < -0.39 is 0 Å². The van der Waals surface area contributed by atoms with Gasteiger partial charge in [-0.1, -0.05) is 24.2 Å². The Labute approximate surface area is 106 Å². The van der Waals surface area contributed by atoms with Crippen LogP contribution in [0.2, 0.25) is 0 Å². The minimum Gasteiger partial charge on any atom is -0.494 e. The molecule has 0 saturated heterocycles. The van der Waals surface area contributed by atoms with E-state index in [4.69, 9.17) is 10.3 Å². The SMILES string of the molecule is CCCOc1ccc(CNC(=O)CN=[N+]=[N-])cc1. The van der Waals surface area contributed by atoms with Crippen LogP contribution in [0.3, 0.4) is 0 Å². The van der Waals surface area contributed by atoms with E-state index in [0.717, 1.165) is 17.7 Å². The highest BCUT2D eigenvalue weighted by atomic mass is 16.5. The van der Waals surface area contributed by atoms with Crippen LogP contribution in [-0.4, -0.2) is 19.1 Å². The predicted molar refractivity (Wildman–Crippen MR) is 68.1 cm³/mol. The molecule has 0 heterocycles. The topological polar surface area (TPSA) is 87.1 Å².